The van der Waals surface area contributed by atoms with Crippen LogP contribution < -0.4 is 5.43 Å². The van der Waals surface area contributed by atoms with E-state index in [0.29, 0.717) is 10.1 Å². The van der Waals surface area contributed by atoms with E-state index < -0.39 is 15.9 Å². The lowest BCUT2D eigenvalue weighted by atomic mass is 10.2. The lowest BCUT2D eigenvalue weighted by molar-refractivity contribution is -0.123. The molecule has 110 valence electrons. The maximum atomic E-state index is 12.5. The summed E-state index contributed by atoms with van der Waals surface area (Å²) in [5.74, 6) is -0.612. The Morgan fingerprint density at radius 3 is 2.10 bits per heavy atom. The number of anilines is 1. The number of rotatable bonds is 4. The molecule has 0 unspecified atom stereocenters. The Morgan fingerprint density at radius 1 is 1.00 bits per heavy atom. The number of benzene rings is 2. The smallest absolute Gasteiger partial charge is 0.282 e. The summed E-state index contributed by atoms with van der Waals surface area (Å²) in [6.45, 7) is 3.06. The van der Waals surface area contributed by atoms with Crippen LogP contribution in [0.4, 0.5) is 5.69 Å². The van der Waals surface area contributed by atoms with E-state index in [9.17, 15) is 13.2 Å². The Hall–Kier alpha value is -2.34. The van der Waals surface area contributed by atoms with Gasteiger partial charge in [0.2, 0.25) is 0 Å². The molecule has 0 atom stereocenters. The number of hydrogen-bond donors (Lipinski definition) is 1. The van der Waals surface area contributed by atoms with E-state index in [1.807, 2.05) is 6.92 Å². The summed E-state index contributed by atoms with van der Waals surface area (Å²) in [5.41, 5.74) is 4.09. The molecule has 0 aliphatic rings. The van der Waals surface area contributed by atoms with Crippen LogP contribution in [0.1, 0.15) is 12.5 Å². The molecule has 2 rings (SSSR count). The number of hydrazine groups is 1. The van der Waals surface area contributed by atoms with Crippen LogP contribution in [0.2, 0.25) is 0 Å². The molecule has 0 aromatic heterocycles. The first-order valence-corrected chi connectivity index (χ1v) is 7.79. The fourth-order valence-corrected chi connectivity index (χ4v) is 3.01. The molecular weight excluding hydrogens is 288 g/mol. The lowest BCUT2D eigenvalue weighted by Crippen LogP contribution is -2.39. The van der Waals surface area contributed by atoms with Crippen molar-refractivity contribution in [3.8, 4) is 0 Å². The number of para-hydroxylation sites is 1. The van der Waals surface area contributed by atoms with Crippen LogP contribution in [-0.2, 0) is 14.8 Å². The number of nitrogens with zero attached hydrogens (tertiary/aromatic N) is 1. The van der Waals surface area contributed by atoms with E-state index in [4.69, 9.17) is 0 Å². The van der Waals surface area contributed by atoms with Crippen molar-refractivity contribution in [3.63, 3.8) is 0 Å². The minimum atomic E-state index is -3.94. The predicted octanol–water partition coefficient (Wildman–Crippen LogP) is 2.56. The van der Waals surface area contributed by atoms with E-state index >= 15 is 0 Å². The number of aryl methyl sites for hydroxylation is 1. The molecule has 0 aliphatic heterocycles. The zero-order chi connectivity index (χ0) is 15.5. The molecule has 0 bridgehead atoms. The normalized spacial score (nSPS) is 11.0. The zero-order valence-electron chi connectivity index (χ0n) is 11.8. The Morgan fingerprint density at radius 2 is 1.57 bits per heavy atom. The van der Waals surface area contributed by atoms with Crippen LogP contribution >= 0.6 is 0 Å². The van der Waals surface area contributed by atoms with Crippen molar-refractivity contribution in [1.82, 2.24) is 4.41 Å². The van der Waals surface area contributed by atoms with Gasteiger partial charge in [0.1, 0.15) is 0 Å². The third kappa shape index (κ3) is 3.41. The molecule has 0 saturated heterocycles. The number of hydrogen-bond acceptors (Lipinski definition) is 4. The van der Waals surface area contributed by atoms with E-state index in [-0.39, 0.29) is 4.90 Å². The third-order valence-electron chi connectivity index (χ3n) is 2.85. The first-order chi connectivity index (χ1) is 9.91. The minimum Gasteiger partial charge on any atom is -0.282 e. The Bertz CT molecular complexity index is 725. The van der Waals surface area contributed by atoms with Crippen LogP contribution in [0, 0.1) is 6.92 Å². The van der Waals surface area contributed by atoms with Crippen molar-refractivity contribution in [2.24, 2.45) is 0 Å². The summed E-state index contributed by atoms with van der Waals surface area (Å²) >= 11 is 0. The Kier molecular flexibility index (Phi) is 4.28. The van der Waals surface area contributed by atoms with Crippen LogP contribution in [0.15, 0.2) is 59.5 Å². The molecule has 0 spiro atoms. The maximum absolute atomic E-state index is 12.5. The molecule has 0 aliphatic carbocycles. The fourth-order valence-electron chi connectivity index (χ4n) is 1.75. The summed E-state index contributed by atoms with van der Waals surface area (Å²) in [5, 5.41) is 0. The Labute approximate surface area is 124 Å². The number of carbonyl (C=O) groups excluding carboxylic acids is 1. The Balaban J connectivity index is 2.37. The van der Waals surface area contributed by atoms with Gasteiger partial charge in [-0.1, -0.05) is 35.9 Å². The molecule has 21 heavy (non-hydrogen) atoms. The third-order valence-corrected chi connectivity index (χ3v) is 4.55. The first kappa shape index (κ1) is 15.1. The zero-order valence-corrected chi connectivity index (χ0v) is 12.6. The summed E-state index contributed by atoms with van der Waals surface area (Å²) in [6.07, 6.45) is 0. The van der Waals surface area contributed by atoms with E-state index in [2.05, 4.69) is 5.43 Å². The molecule has 0 fully saturated rings. The van der Waals surface area contributed by atoms with Crippen LogP contribution in [-0.4, -0.2) is 18.7 Å². The van der Waals surface area contributed by atoms with Crippen molar-refractivity contribution in [2.45, 2.75) is 18.7 Å². The van der Waals surface area contributed by atoms with Crippen molar-refractivity contribution in [2.75, 3.05) is 5.43 Å². The van der Waals surface area contributed by atoms with Gasteiger partial charge in [-0.25, -0.2) is 0 Å². The van der Waals surface area contributed by atoms with Crippen LogP contribution in [0.25, 0.3) is 0 Å². The fraction of sp³-hybridized carbons (Fsp3) is 0.133. The highest BCUT2D eigenvalue weighted by Crippen LogP contribution is 2.18. The summed E-state index contributed by atoms with van der Waals surface area (Å²) in [6, 6.07) is 15.0. The predicted molar refractivity (Wildman–Crippen MR) is 80.9 cm³/mol. The van der Waals surface area contributed by atoms with Gasteiger partial charge in [0.15, 0.2) is 0 Å². The van der Waals surface area contributed by atoms with E-state index in [1.165, 1.54) is 19.1 Å². The minimum absolute atomic E-state index is 0.0618. The molecular formula is C15H16N2O3S. The molecule has 6 heteroatoms. The molecule has 0 saturated carbocycles. The summed E-state index contributed by atoms with van der Waals surface area (Å²) < 4.78 is 25.7. The van der Waals surface area contributed by atoms with Gasteiger partial charge in [-0.05, 0) is 31.2 Å². The standard InChI is InChI=1S/C15H16N2O3S/c1-12-8-10-15(11-9-12)21(19,20)17(13(2)18)16-14-6-4-3-5-7-14/h3-11,16H,1-2H3. The number of amides is 1. The van der Waals surface area contributed by atoms with Gasteiger partial charge in [0.05, 0.1) is 10.6 Å². The molecule has 0 radical (unpaired) electrons. The number of carbonyl (C=O) groups is 1. The SMILES string of the molecule is CC(=O)N(Nc1ccccc1)S(=O)(=O)c1ccc(C)cc1. The van der Waals surface area contributed by atoms with Gasteiger partial charge >= 0.3 is 0 Å². The van der Waals surface area contributed by atoms with Crippen molar-refractivity contribution in [3.05, 3.63) is 60.2 Å². The van der Waals surface area contributed by atoms with Gasteiger partial charge in [0, 0.05) is 6.92 Å². The second kappa shape index (κ2) is 5.97. The van der Waals surface area contributed by atoms with Crippen LogP contribution in [0.3, 0.4) is 0 Å². The highest BCUT2D eigenvalue weighted by Gasteiger charge is 2.27. The number of nitrogens with one attached hydrogen (secondary N) is 1. The molecule has 0 heterocycles. The number of sulfonamides is 1. The summed E-state index contributed by atoms with van der Waals surface area (Å²) in [7, 11) is -3.94. The lowest BCUT2D eigenvalue weighted by Gasteiger charge is -2.22. The van der Waals surface area contributed by atoms with E-state index in [1.54, 1.807) is 42.5 Å². The highest BCUT2D eigenvalue weighted by molar-refractivity contribution is 7.89. The van der Waals surface area contributed by atoms with Gasteiger partial charge in [-0.15, -0.1) is 4.41 Å². The quantitative estimate of drug-likeness (QED) is 0.882. The second-order valence-corrected chi connectivity index (χ2v) is 6.37. The highest BCUT2D eigenvalue weighted by atomic mass is 32.2. The van der Waals surface area contributed by atoms with Crippen molar-refractivity contribution in [1.29, 1.82) is 0 Å². The largest absolute Gasteiger partial charge is 0.284 e. The second-order valence-electron chi connectivity index (χ2n) is 4.58. The van der Waals surface area contributed by atoms with Crippen molar-refractivity contribution < 1.29 is 13.2 Å². The van der Waals surface area contributed by atoms with Gasteiger partial charge in [-0.2, -0.15) is 8.42 Å². The molecule has 2 aromatic carbocycles. The average Bonchev–Trinajstić information content (AvgIpc) is 2.46. The van der Waals surface area contributed by atoms with Gasteiger partial charge in [0.25, 0.3) is 15.9 Å². The molecule has 5 nitrogen and oxygen atoms in total. The molecule has 1 N–H and O–H groups in total. The molecule has 2 aromatic rings. The monoisotopic (exact) mass is 304 g/mol. The topological polar surface area (TPSA) is 66.5 Å². The summed E-state index contributed by atoms with van der Waals surface area (Å²) in [4.78, 5) is 11.8. The maximum Gasteiger partial charge on any atom is 0.284 e. The molecule has 1 amide bonds. The average molecular weight is 304 g/mol. The van der Waals surface area contributed by atoms with Crippen molar-refractivity contribution >= 4 is 21.6 Å². The van der Waals surface area contributed by atoms with Gasteiger partial charge in [-0.3, -0.25) is 10.2 Å². The van der Waals surface area contributed by atoms with Crippen LogP contribution in [0.5, 0.6) is 0 Å². The van der Waals surface area contributed by atoms with Gasteiger partial charge < -0.3 is 0 Å². The van der Waals surface area contributed by atoms with E-state index in [0.717, 1.165) is 5.56 Å². The first-order valence-electron chi connectivity index (χ1n) is 6.35.